The summed E-state index contributed by atoms with van der Waals surface area (Å²) < 4.78 is 1.67. The Balaban J connectivity index is 2.10. The van der Waals surface area contributed by atoms with Gasteiger partial charge in [-0.25, -0.2) is 0 Å². The lowest BCUT2D eigenvalue weighted by molar-refractivity contribution is -0.118. The largest absolute Gasteiger partial charge is 0.368 e. The molecule has 2 rings (SSSR count). The number of carbonyl (C=O) groups excluding carboxylic acids is 1. The Kier molecular flexibility index (Phi) is 3.94. The van der Waals surface area contributed by atoms with Crippen LogP contribution < -0.4 is 11.1 Å². The summed E-state index contributed by atoms with van der Waals surface area (Å²) in [5, 5.41) is 8.12. The maximum Gasteiger partial charge on any atom is 0.239 e. The summed E-state index contributed by atoms with van der Waals surface area (Å²) in [5.74, 6) is -0.348. The Morgan fingerprint density at radius 3 is 2.95 bits per heavy atom. The molecule has 1 atom stereocenters. The highest BCUT2D eigenvalue weighted by Crippen LogP contribution is 2.29. The Labute approximate surface area is 114 Å². The van der Waals surface area contributed by atoms with E-state index in [1.807, 2.05) is 6.20 Å². The van der Waals surface area contributed by atoms with E-state index >= 15 is 0 Å². The monoisotopic (exact) mass is 264 g/mol. The van der Waals surface area contributed by atoms with E-state index in [1.54, 1.807) is 4.68 Å². The molecule has 0 bridgehead atoms. The molecule has 1 aromatic heterocycles. The van der Waals surface area contributed by atoms with Crippen LogP contribution in [0.5, 0.6) is 0 Å². The number of amides is 1. The minimum atomic E-state index is -0.348. The van der Waals surface area contributed by atoms with E-state index in [9.17, 15) is 4.79 Å². The molecule has 1 amide bonds. The van der Waals surface area contributed by atoms with Gasteiger partial charge in [-0.3, -0.25) is 9.48 Å². The van der Waals surface area contributed by atoms with Gasteiger partial charge in [0.1, 0.15) is 6.54 Å². The van der Waals surface area contributed by atoms with E-state index in [4.69, 9.17) is 5.73 Å². The van der Waals surface area contributed by atoms with Gasteiger partial charge in [0, 0.05) is 12.7 Å². The minimum absolute atomic E-state index is 0.166. The lowest BCUT2D eigenvalue weighted by Crippen LogP contribution is -2.32. The molecule has 0 saturated carbocycles. The first kappa shape index (κ1) is 14.1. The zero-order chi connectivity index (χ0) is 14.0. The first-order valence-electron chi connectivity index (χ1n) is 6.93. The van der Waals surface area contributed by atoms with Gasteiger partial charge < -0.3 is 11.1 Å². The molecule has 5 nitrogen and oxygen atoms in total. The Hall–Kier alpha value is -1.36. The third-order valence-electron chi connectivity index (χ3n) is 3.34. The zero-order valence-electron chi connectivity index (χ0n) is 12.1. The van der Waals surface area contributed by atoms with Crippen LogP contribution in [0.15, 0.2) is 6.20 Å². The fourth-order valence-corrected chi connectivity index (χ4v) is 2.47. The molecule has 0 saturated heterocycles. The number of hydrogen-bond donors (Lipinski definition) is 2. The summed E-state index contributed by atoms with van der Waals surface area (Å²) in [4.78, 5) is 11.0. The first-order chi connectivity index (χ1) is 8.85. The van der Waals surface area contributed by atoms with Crippen LogP contribution in [-0.2, 0) is 17.8 Å². The number of nitrogens with zero attached hydrogens (tertiary/aromatic N) is 2. The fourth-order valence-electron chi connectivity index (χ4n) is 2.47. The van der Waals surface area contributed by atoms with Crippen molar-refractivity contribution < 1.29 is 4.79 Å². The fraction of sp³-hybridized carbons (Fsp3) is 0.714. The van der Waals surface area contributed by atoms with Gasteiger partial charge in [-0.15, -0.1) is 0 Å². The van der Waals surface area contributed by atoms with Gasteiger partial charge in [0.05, 0.1) is 11.7 Å². The van der Waals surface area contributed by atoms with Crippen LogP contribution in [0.3, 0.4) is 0 Å². The Morgan fingerprint density at radius 1 is 1.58 bits per heavy atom. The molecule has 3 N–H and O–H groups in total. The van der Waals surface area contributed by atoms with Crippen LogP contribution >= 0.6 is 0 Å². The molecule has 0 spiro atoms. The number of rotatable bonds is 4. The lowest BCUT2D eigenvalue weighted by Gasteiger charge is -2.27. The molecular weight excluding hydrogens is 240 g/mol. The topological polar surface area (TPSA) is 72.9 Å². The SMILES string of the molecule is CC(C)(C)CN[C@@H]1CCCc2cn(CC(N)=O)nc21. The molecule has 106 valence electrons. The lowest BCUT2D eigenvalue weighted by atomic mass is 9.91. The number of hydrogen-bond acceptors (Lipinski definition) is 3. The zero-order valence-corrected chi connectivity index (χ0v) is 12.1. The number of primary amides is 1. The van der Waals surface area contributed by atoms with Gasteiger partial charge >= 0.3 is 0 Å². The normalized spacial score (nSPS) is 19.2. The van der Waals surface area contributed by atoms with Crippen LogP contribution in [0.1, 0.15) is 50.9 Å². The molecule has 19 heavy (non-hydrogen) atoms. The molecule has 1 heterocycles. The molecule has 0 radical (unpaired) electrons. The van der Waals surface area contributed by atoms with Gasteiger partial charge in [0.25, 0.3) is 0 Å². The molecule has 0 unspecified atom stereocenters. The highest BCUT2D eigenvalue weighted by molar-refractivity contribution is 5.73. The molecule has 0 aliphatic heterocycles. The average molecular weight is 264 g/mol. The molecule has 0 aromatic carbocycles. The van der Waals surface area contributed by atoms with Crippen molar-refractivity contribution in [2.24, 2.45) is 11.1 Å². The number of fused-ring (bicyclic) bond motifs is 1. The van der Waals surface area contributed by atoms with Crippen molar-refractivity contribution in [1.82, 2.24) is 15.1 Å². The first-order valence-corrected chi connectivity index (χ1v) is 6.93. The third kappa shape index (κ3) is 3.80. The maximum atomic E-state index is 11.0. The summed E-state index contributed by atoms with van der Waals surface area (Å²) in [6.07, 6.45) is 5.28. The van der Waals surface area contributed by atoms with E-state index in [0.717, 1.165) is 31.5 Å². The Morgan fingerprint density at radius 2 is 2.32 bits per heavy atom. The molecule has 0 fully saturated rings. The number of aromatic nitrogens is 2. The smallest absolute Gasteiger partial charge is 0.239 e. The van der Waals surface area contributed by atoms with Crippen LogP contribution in [0, 0.1) is 5.41 Å². The second kappa shape index (κ2) is 5.33. The highest BCUT2D eigenvalue weighted by atomic mass is 16.1. The molecule has 1 aliphatic carbocycles. The summed E-state index contributed by atoms with van der Waals surface area (Å²) in [7, 11) is 0. The van der Waals surface area contributed by atoms with Crippen molar-refractivity contribution >= 4 is 5.91 Å². The predicted octanol–water partition coefficient (Wildman–Crippen LogP) is 1.38. The van der Waals surface area contributed by atoms with E-state index in [0.29, 0.717) is 6.04 Å². The van der Waals surface area contributed by atoms with Crippen molar-refractivity contribution in [1.29, 1.82) is 0 Å². The Bertz CT molecular complexity index is 459. The predicted molar refractivity (Wildman–Crippen MR) is 74.6 cm³/mol. The van der Waals surface area contributed by atoms with Gasteiger partial charge in [0.2, 0.25) is 5.91 Å². The van der Waals surface area contributed by atoms with Crippen molar-refractivity contribution in [2.45, 2.75) is 52.6 Å². The number of nitrogens with one attached hydrogen (secondary N) is 1. The van der Waals surface area contributed by atoms with E-state index in [1.165, 1.54) is 5.56 Å². The number of nitrogens with two attached hydrogens (primary N) is 1. The third-order valence-corrected chi connectivity index (χ3v) is 3.34. The van der Waals surface area contributed by atoms with Gasteiger partial charge in [-0.1, -0.05) is 20.8 Å². The van der Waals surface area contributed by atoms with E-state index in [2.05, 4.69) is 31.2 Å². The molecule has 1 aliphatic rings. The van der Waals surface area contributed by atoms with Crippen molar-refractivity contribution in [2.75, 3.05) is 6.54 Å². The van der Waals surface area contributed by atoms with Crippen LogP contribution in [0.4, 0.5) is 0 Å². The summed E-state index contributed by atoms with van der Waals surface area (Å²) in [6.45, 7) is 7.78. The van der Waals surface area contributed by atoms with Crippen molar-refractivity contribution in [3.05, 3.63) is 17.5 Å². The average Bonchev–Trinajstić information content (AvgIpc) is 2.66. The second-order valence-corrected chi connectivity index (χ2v) is 6.59. The van der Waals surface area contributed by atoms with Gasteiger partial charge in [0.15, 0.2) is 0 Å². The van der Waals surface area contributed by atoms with Crippen LogP contribution in [0.2, 0.25) is 0 Å². The highest BCUT2D eigenvalue weighted by Gasteiger charge is 2.25. The second-order valence-electron chi connectivity index (χ2n) is 6.59. The van der Waals surface area contributed by atoms with Crippen LogP contribution in [-0.4, -0.2) is 22.2 Å². The molecule has 1 aromatic rings. The van der Waals surface area contributed by atoms with E-state index in [-0.39, 0.29) is 17.9 Å². The van der Waals surface area contributed by atoms with Gasteiger partial charge in [-0.2, -0.15) is 5.10 Å². The van der Waals surface area contributed by atoms with Crippen molar-refractivity contribution in [3.8, 4) is 0 Å². The maximum absolute atomic E-state index is 11.0. The summed E-state index contributed by atoms with van der Waals surface area (Å²) >= 11 is 0. The minimum Gasteiger partial charge on any atom is -0.368 e. The number of carbonyl (C=O) groups is 1. The molecule has 5 heteroatoms. The van der Waals surface area contributed by atoms with Crippen LogP contribution in [0.25, 0.3) is 0 Å². The van der Waals surface area contributed by atoms with E-state index < -0.39 is 0 Å². The summed E-state index contributed by atoms with van der Waals surface area (Å²) in [5.41, 5.74) is 7.82. The standard InChI is InChI=1S/C14H24N4O/c1-14(2,3)9-16-11-6-4-5-10-7-18(8-12(15)19)17-13(10)11/h7,11,16H,4-6,8-9H2,1-3H3,(H2,15,19)/t11-/m1/s1. The number of aryl methyl sites for hydroxylation is 1. The van der Waals surface area contributed by atoms with Crippen molar-refractivity contribution in [3.63, 3.8) is 0 Å². The quantitative estimate of drug-likeness (QED) is 0.863. The molecular formula is C14H24N4O. The summed E-state index contributed by atoms with van der Waals surface area (Å²) in [6, 6.07) is 0.303. The van der Waals surface area contributed by atoms with Gasteiger partial charge in [-0.05, 0) is 30.2 Å².